The molecule has 1 aromatic heterocycles. The van der Waals surface area contributed by atoms with Crippen molar-refractivity contribution in [3.63, 3.8) is 0 Å². The van der Waals surface area contributed by atoms with Crippen molar-refractivity contribution in [2.45, 2.75) is 25.8 Å². The summed E-state index contributed by atoms with van der Waals surface area (Å²) in [5, 5.41) is 10.8. The largest absolute Gasteiger partial charge is 0.423 e. The normalized spacial score (nSPS) is 22.7. The number of hydrogen-bond donors (Lipinski definition) is 1. The Morgan fingerprint density at radius 3 is 3.10 bits per heavy atom. The maximum Gasteiger partial charge on any atom is 0.298 e. The van der Waals surface area contributed by atoms with Crippen molar-refractivity contribution in [2.75, 3.05) is 18.0 Å². The van der Waals surface area contributed by atoms with Crippen LogP contribution in [0.3, 0.4) is 0 Å². The van der Waals surface area contributed by atoms with Crippen molar-refractivity contribution in [1.29, 1.82) is 0 Å². The third kappa shape index (κ3) is 2.56. The zero-order valence-electron chi connectivity index (χ0n) is 11.9. The summed E-state index contributed by atoms with van der Waals surface area (Å²) in [5.74, 6) is 0.420. The van der Waals surface area contributed by atoms with Gasteiger partial charge in [-0.2, -0.15) is 4.98 Å². The van der Waals surface area contributed by atoms with Gasteiger partial charge >= 0.3 is 0 Å². The number of non-ortho nitro benzene ring substituents is 1. The van der Waals surface area contributed by atoms with Crippen molar-refractivity contribution in [3.05, 3.63) is 28.3 Å². The molecule has 2 N–H and O–H groups in total. The zero-order chi connectivity index (χ0) is 15.0. The van der Waals surface area contributed by atoms with E-state index in [-0.39, 0.29) is 11.7 Å². The number of piperidine rings is 1. The molecule has 2 heterocycles. The van der Waals surface area contributed by atoms with E-state index in [0.717, 1.165) is 25.9 Å². The van der Waals surface area contributed by atoms with Gasteiger partial charge in [-0.3, -0.25) is 10.1 Å². The minimum absolute atomic E-state index is 0.0114. The van der Waals surface area contributed by atoms with Gasteiger partial charge < -0.3 is 15.1 Å². The number of nitrogens with zero attached hydrogens (tertiary/aromatic N) is 3. The Kier molecular flexibility index (Phi) is 3.50. The summed E-state index contributed by atoms with van der Waals surface area (Å²) in [6.45, 7) is 3.74. The Morgan fingerprint density at radius 1 is 1.57 bits per heavy atom. The van der Waals surface area contributed by atoms with Gasteiger partial charge in [-0.05, 0) is 18.4 Å². The molecule has 2 atom stereocenters. The van der Waals surface area contributed by atoms with Crippen molar-refractivity contribution >= 4 is 22.8 Å². The fourth-order valence-electron chi connectivity index (χ4n) is 2.81. The first kappa shape index (κ1) is 13.8. The summed E-state index contributed by atoms with van der Waals surface area (Å²) < 4.78 is 5.70. The van der Waals surface area contributed by atoms with Crippen LogP contribution in [0.25, 0.3) is 11.1 Å². The molecule has 0 bridgehead atoms. The van der Waals surface area contributed by atoms with Crippen LogP contribution in [0.2, 0.25) is 0 Å². The molecule has 1 aromatic carbocycles. The first-order valence-electron chi connectivity index (χ1n) is 7.14. The number of fused-ring (bicyclic) bond motifs is 1. The number of nitro groups is 1. The highest BCUT2D eigenvalue weighted by atomic mass is 16.6. The number of oxazole rings is 1. The molecule has 1 aliphatic rings. The van der Waals surface area contributed by atoms with Gasteiger partial charge in [-0.25, -0.2) is 0 Å². The van der Waals surface area contributed by atoms with E-state index in [4.69, 9.17) is 10.2 Å². The molecule has 0 saturated carbocycles. The average molecular weight is 290 g/mol. The fraction of sp³-hybridized carbons (Fsp3) is 0.500. The number of anilines is 1. The quantitative estimate of drug-likeness (QED) is 0.688. The first-order chi connectivity index (χ1) is 10.1. The Balaban J connectivity index is 1.89. The summed E-state index contributed by atoms with van der Waals surface area (Å²) >= 11 is 0. The maximum atomic E-state index is 10.8. The van der Waals surface area contributed by atoms with Gasteiger partial charge in [-0.1, -0.05) is 13.3 Å². The highest BCUT2D eigenvalue weighted by Gasteiger charge is 2.28. The van der Waals surface area contributed by atoms with E-state index in [1.807, 2.05) is 0 Å². The van der Waals surface area contributed by atoms with Crippen LogP contribution >= 0.6 is 0 Å². The van der Waals surface area contributed by atoms with Crippen LogP contribution in [0.5, 0.6) is 0 Å². The summed E-state index contributed by atoms with van der Waals surface area (Å²) in [7, 11) is 0. The molecule has 7 heteroatoms. The lowest BCUT2D eigenvalue weighted by atomic mass is 9.91. The number of rotatable bonds is 3. The predicted molar refractivity (Wildman–Crippen MR) is 79.2 cm³/mol. The van der Waals surface area contributed by atoms with Gasteiger partial charge in [0.15, 0.2) is 5.58 Å². The SMILES string of the molecule is CCC1CN(c2nc3ccc([N+](=O)[O-])cc3o2)CCC1N. The van der Waals surface area contributed by atoms with E-state index in [2.05, 4.69) is 16.8 Å². The van der Waals surface area contributed by atoms with Crippen LogP contribution in [0, 0.1) is 16.0 Å². The Hall–Kier alpha value is -2.15. The summed E-state index contributed by atoms with van der Waals surface area (Å²) in [4.78, 5) is 16.9. The molecule has 0 radical (unpaired) electrons. The summed E-state index contributed by atoms with van der Waals surface area (Å²) in [6.07, 6.45) is 1.92. The lowest BCUT2D eigenvalue weighted by Crippen LogP contribution is -2.47. The van der Waals surface area contributed by atoms with Crippen LogP contribution in [-0.4, -0.2) is 29.0 Å². The van der Waals surface area contributed by atoms with Crippen LogP contribution in [-0.2, 0) is 0 Å². The molecule has 2 aromatic rings. The second kappa shape index (κ2) is 5.33. The molecule has 1 saturated heterocycles. The molecule has 112 valence electrons. The van der Waals surface area contributed by atoms with E-state index in [9.17, 15) is 10.1 Å². The predicted octanol–water partition coefficient (Wildman–Crippen LogP) is 2.30. The van der Waals surface area contributed by atoms with Gasteiger partial charge in [0.2, 0.25) is 0 Å². The standard InChI is InChI=1S/C14H18N4O3/c1-2-9-8-17(6-5-11(9)15)14-16-12-4-3-10(18(19)20)7-13(12)21-14/h3-4,7,9,11H,2,5-6,8,15H2,1H3. The van der Waals surface area contributed by atoms with Gasteiger partial charge in [0.05, 0.1) is 11.0 Å². The number of nitrogens with two attached hydrogens (primary N) is 1. The van der Waals surface area contributed by atoms with E-state index in [1.165, 1.54) is 12.1 Å². The third-order valence-electron chi connectivity index (χ3n) is 4.16. The molecule has 2 unspecified atom stereocenters. The minimum Gasteiger partial charge on any atom is -0.423 e. The van der Waals surface area contributed by atoms with Crippen molar-refractivity contribution in [1.82, 2.24) is 4.98 Å². The van der Waals surface area contributed by atoms with Gasteiger partial charge in [0.1, 0.15) is 5.52 Å². The van der Waals surface area contributed by atoms with Crippen molar-refractivity contribution in [3.8, 4) is 0 Å². The number of aromatic nitrogens is 1. The minimum atomic E-state index is -0.436. The second-order valence-electron chi connectivity index (χ2n) is 5.47. The van der Waals surface area contributed by atoms with E-state index < -0.39 is 4.92 Å². The van der Waals surface area contributed by atoms with Gasteiger partial charge in [-0.15, -0.1) is 0 Å². The molecule has 0 amide bonds. The van der Waals surface area contributed by atoms with Gasteiger partial charge in [0.25, 0.3) is 11.7 Å². The topological polar surface area (TPSA) is 98.4 Å². The molecule has 7 nitrogen and oxygen atoms in total. The van der Waals surface area contributed by atoms with Crippen LogP contribution in [0.4, 0.5) is 11.7 Å². The molecular weight excluding hydrogens is 272 g/mol. The first-order valence-corrected chi connectivity index (χ1v) is 7.14. The van der Waals surface area contributed by atoms with Crippen LogP contribution in [0.1, 0.15) is 19.8 Å². The molecule has 21 heavy (non-hydrogen) atoms. The lowest BCUT2D eigenvalue weighted by molar-refractivity contribution is -0.384. The van der Waals surface area contributed by atoms with Crippen LogP contribution < -0.4 is 10.6 Å². The molecule has 0 aliphatic carbocycles. The summed E-state index contributed by atoms with van der Waals surface area (Å²) in [5.41, 5.74) is 7.20. The summed E-state index contributed by atoms with van der Waals surface area (Å²) in [6, 6.07) is 5.22. The second-order valence-corrected chi connectivity index (χ2v) is 5.47. The van der Waals surface area contributed by atoms with E-state index >= 15 is 0 Å². The molecular formula is C14H18N4O3. The van der Waals surface area contributed by atoms with Crippen molar-refractivity contribution in [2.24, 2.45) is 11.7 Å². The third-order valence-corrected chi connectivity index (χ3v) is 4.16. The smallest absolute Gasteiger partial charge is 0.298 e. The lowest BCUT2D eigenvalue weighted by Gasteiger charge is -2.35. The molecule has 3 rings (SSSR count). The Labute approximate surface area is 121 Å². The molecule has 1 aliphatic heterocycles. The Morgan fingerprint density at radius 2 is 2.38 bits per heavy atom. The van der Waals surface area contributed by atoms with E-state index in [1.54, 1.807) is 6.07 Å². The maximum absolute atomic E-state index is 10.8. The van der Waals surface area contributed by atoms with Crippen LogP contribution in [0.15, 0.2) is 22.6 Å². The number of benzene rings is 1. The highest BCUT2D eigenvalue weighted by Crippen LogP contribution is 2.28. The molecule has 1 fully saturated rings. The molecule has 0 spiro atoms. The Bertz CT molecular complexity index is 669. The fourth-order valence-corrected chi connectivity index (χ4v) is 2.81. The number of nitro benzene ring substituents is 1. The van der Waals surface area contributed by atoms with E-state index in [0.29, 0.717) is 23.0 Å². The average Bonchev–Trinajstić information content (AvgIpc) is 2.90. The highest BCUT2D eigenvalue weighted by molar-refractivity contribution is 5.77. The van der Waals surface area contributed by atoms with Crippen molar-refractivity contribution < 1.29 is 9.34 Å². The monoisotopic (exact) mass is 290 g/mol. The van der Waals surface area contributed by atoms with Gasteiger partial charge in [0, 0.05) is 25.2 Å². The zero-order valence-corrected chi connectivity index (χ0v) is 11.9. The number of hydrogen-bond acceptors (Lipinski definition) is 6.